The molecule has 0 aromatic heterocycles. The van der Waals surface area contributed by atoms with Crippen molar-refractivity contribution in [1.29, 1.82) is 0 Å². The molecule has 11 heavy (non-hydrogen) atoms. The van der Waals surface area contributed by atoms with Gasteiger partial charge in [0.15, 0.2) is 0 Å². The Morgan fingerprint density at radius 2 is 1.91 bits per heavy atom. The first-order valence-corrected chi connectivity index (χ1v) is 4.44. The van der Waals surface area contributed by atoms with Gasteiger partial charge in [0, 0.05) is 6.61 Å². The average Bonchev–Trinajstić information content (AvgIpc) is 1.78. The Balaban J connectivity index is 0. The average molecular weight is 193 g/mol. The Hall–Kier alpha value is 0.830. The van der Waals surface area contributed by atoms with Gasteiger partial charge in [-0.05, 0) is 13.0 Å². The Morgan fingerprint density at radius 1 is 1.36 bits per heavy atom. The summed E-state index contributed by atoms with van der Waals surface area (Å²) < 4.78 is 28.2. The molecule has 7 heteroatoms. The number of aliphatic hydroxyl groups excluding tert-OH is 1. The summed E-state index contributed by atoms with van der Waals surface area (Å²) in [5.41, 5.74) is 0. The topological polar surface area (TPSA) is 86.6 Å². The van der Waals surface area contributed by atoms with E-state index in [1.165, 1.54) is 0 Å². The first-order chi connectivity index (χ1) is 4.56. The second-order valence-electron chi connectivity index (χ2n) is 1.80. The van der Waals surface area contributed by atoms with E-state index in [-0.39, 0.29) is 36.2 Å². The van der Waals surface area contributed by atoms with E-state index in [1.54, 1.807) is 0 Å². The van der Waals surface area contributed by atoms with E-state index in [4.69, 9.17) is 9.66 Å². The van der Waals surface area contributed by atoms with Gasteiger partial charge in [-0.1, -0.05) is 0 Å². The van der Waals surface area contributed by atoms with E-state index < -0.39 is 16.0 Å². The molecule has 0 bridgehead atoms. The van der Waals surface area contributed by atoms with Crippen LogP contribution in [0.5, 0.6) is 0 Å². The maximum absolute atomic E-state index is 10.0. The zero-order valence-corrected chi connectivity index (χ0v) is 6.26. The molecule has 0 aromatic rings. The molecule has 0 aliphatic carbocycles. The van der Waals surface area contributed by atoms with E-state index >= 15 is 0 Å². The first-order valence-electron chi connectivity index (χ1n) is 2.83. The molecule has 0 saturated carbocycles. The molecule has 0 aliphatic rings. The molecule has 0 atom stereocenters. The van der Waals surface area contributed by atoms with Crippen molar-refractivity contribution in [2.75, 3.05) is 19.0 Å². The van der Waals surface area contributed by atoms with Gasteiger partial charge in [0.25, 0.3) is 10.1 Å². The Kier molecular flexibility index (Phi) is 9.76. The Labute approximate surface area is 88.2 Å². The molecular formula is C4H12NNaO4S. The summed E-state index contributed by atoms with van der Waals surface area (Å²) in [6.45, 7) is 0.398. The third-order valence-corrected chi connectivity index (χ3v) is 1.37. The van der Waals surface area contributed by atoms with Crippen LogP contribution in [0.1, 0.15) is 6.42 Å². The van der Waals surface area contributed by atoms with E-state index in [1.807, 2.05) is 0 Å². The van der Waals surface area contributed by atoms with Crippen LogP contribution < -0.4 is 5.32 Å². The number of nitrogens with one attached hydrogen (secondary N) is 1. The standard InChI is InChI=1S/C4H11NO4S.Na.H/c6-3-1-2-5-4-10(7,8)9;;/h5-6H,1-4H2,(H,7,8,9);;. The van der Waals surface area contributed by atoms with E-state index in [0.29, 0.717) is 13.0 Å². The number of hydrogen-bond acceptors (Lipinski definition) is 4. The minimum atomic E-state index is -3.90. The summed E-state index contributed by atoms with van der Waals surface area (Å²) in [5.74, 6) is -0.451. The maximum atomic E-state index is 10.0. The molecule has 0 heterocycles. The van der Waals surface area contributed by atoms with Crippen LogP contribution in [0, 0.1) is 0 Å². The van der Waals surface area contributed by atoms with Crippen LogP contribution in [-0.2, 0) is 10.1 Å². The normalized spacial score (nSPS) is 10.7. The van der Waals surface area contributed by atoms with Crippen LogP contribution in [0.25, 0.3) is 0 Å². The van der Waals surface area contributed by atoms with Crippen molar-refractivity contribution in [3.05, 3.63) is 0 Å². The molecule has 5 nitrogen and oxygen atoms in total. The molecule has 0 radical (unpaired) electrons. The quantitative estimate of drug-likeness (QED) is 0.271. The molecule has 0 spiro atoms. The zero-order chi connectivity index (χ0) is 8.04. The van der Waals surface area contributed by atoms with Crippen LogP contribution >= 0.6 is 0 Å². The van der Waals surface area contributed by atoms with E-state index in [0.717, 1.165) is 0 Å². The third-order valence-electron chi connectivity index (χ3n) is 0.796. The third kappa shape index (κ3) is 13.8. The Bertz CT molecular complexity index is 169. The molecular weight excluding hydrogens is 181 g/mol. The molecule has 64 valence electrons. The van der Waals surface area contributed by atoms with Crippen molar-refractivity contribution < 1.29 is 18.1 Å². The summed E-state index contributed by atoms with van der Waals surface area (Å²) in [4.78, 5) is 0. The summed E-state index contributed by atoms with van der Waals surface area (Å²) in [6.07, 6.45) is 0.482. The van der Waals surface area contributed by atoms with Crippen LogP contribution in [-0.4, -0.2) is 66.7 Å². The van der Waals surface area contributed by atoms with Crippen molar-refractivity contribution in [1.82, 2.24) is 5.32 Å². The van der Waals surface area contributed by atoms with Crippen LogP contribution in [0.2, 0.25) is 0 Å². The molecule has 0 fully saturated rings. The van der Waals surface area contributed by atoms with Crippen LogP contribution in [0.3, 0.4) is 0 Å². The van der Waals surface area contributed by atoms with Gasteiger partial charge < -0.3 is 10.4 Å². The van der Waals surface area contributed by atoms with Crippen molar-refractivity contribution >= 4 is 39.7 Å². The van der Waals surface area contributed by atoms with Gasteiger partial charge in [0.1, 0.15) is 5.88 Å². The molecule has 0 unspecified atom stereocenters. The molecule has 0 rings (SSSR count). The van der Waals surface area contributed by atoms with Crippen molar-refractivity contribution in [3.63, 3.8) is 0 Å². The number of rotatable bonds is 5. The molecule has 0 amide bonds. The number of aliphatic hydroxyl groups is 1. The van der Waals surface area contributed by atoms with Crippen LogP contribution in [0.15, 0.2) is 0 Å². The first kappa shape index (κ1) is 14.4. The molecule has 0 aromatic carbocycles. The molecule has 3 N–H and O–H groups in total. The van der Waals surface area contributed by atoms with Gasteiger partial charge in [-0.2, -0.15) is 8.42 Å². The fraction of sp³-hybridized carbons (Fsp3) is 1.00. The van der Waals surface area contributed by atoms with Crippen molar-refractivity contribution in [3.8, 4) is 0 Å². The SMILES string of the molecule is O=S(=O)(O)CNCCCO.[NaH]. The van der Waals surface area contributed by atoms with Crippen LogP contribution in [0.4, 0.5) is 0 Å². The van der Waals surface area contributed by atoms with E-state index in [2.05, 4.69) is 5.32 Å². The zero-order valence-electron chi connectivity index (χ0n) is 5.45. The summed E-state index contributed by atoms with van der Waals surface area (Å²) in [7, 11) is -3.90. The van der Waals surface area contributed by atoms with Gasteiger partial charge in [0.2, 0.25) is 0 Å². The van der Waals surface area contributed by atoms with E-state index in [9.17, 15) is 8.42 Å². The predicted molar refractivity (Wildman–Crippen MR) is 43.3 cm³/mol. The predicted octanol–water partition coefficient (Wildman–Crippen LogP) is -1.84. The minimum absolute atomic E-state index is 0. The van der Waals surface area contributed by atoms with Gasteiger partial charge in [0.05, 0.1) is 0 Å². The summed E-state index contributed by atoms with van der Waals surface area (Å²) >= 11 is 0. The number of hydrogen-bond donors (Lipinski definition) is 3. The second kappa shape index (κ2) is 7.48. The fourth-order valence-corrected chi connectivity index (χ4v) is 0.807. The van der Waals surface area contributed by atoms with Crippen molar-refractivity contribution in [2.24, 2.45) is 0 Å². The van der Waals surface area contributed by atoms with Gasteiger partial charge in [-0.15, -0.1) is 0 Å². The fourth-order valence-electron chi connectivity index (χ4n) is 0.405. The molecule has 0 aliphatic heterocycles. The van der Waals surface area contributed by atoms with Gasteiger partial charge in [-0.25, -0.2) is 0 Å². The summed E-state index contributed by atoms with van der Waals surface area (Å²) in [6, 6.07) is 0. The summed E-state index contributed by atoms with van der Waals surface area (Å²) in [5, 5.41) is 10.7. The van der Waals surface area contributed by atoms with Gasteiger partial charge >= 0.3 is 29.6 Å². The monoisotopic (exact) mass is 193 g/mol. The Morgan fingerprint density at radius 3 is 2.27 bits per heavy atom. The van der Waals surface area contributed by atoms with Gasteiger partial charge in [-0.3, -0.25) is 4.55 Å². The molecule has 0 saturated heterocycles. The van der Waals surface area contributed by atoms with Crippen molar-refractivity contribution in [2.45, 2.75) is 6.42 Å². The second-order valence-corrected chi connectivity index (χ2v) is 3.26.